The van der Waals surface area contributed by atoms with E-state index in [2.05, 4.69) is 4.98 Å². The van der Waals surface area contributed by atoms with Crippen molar-refractivity contribution in [3.05, 3.63) is 44.6 Å². The standard InChI is InChI=1S/C16H19N3O5/c1-23-7-6-19-15(21)12-3-2-11(10-13(12)17-16(19)22)14(20)18-4-8-24-9-5-18/h2-3,10H,4-9H2,1H3,(H,17,22). The zero-order valence-corrected chi connectivity index (χ0v) is 13.4. The zero-order valence-electron chi connectivity index (χ0n) is 13.4. The minimum absolute atomic E-state index is 0.135. The fourth-order valence-corrected chi connectivity index (χ4v) is 2.72. The minimum atomic E-state index is -0.513. The third-order valence-corrected chi connectivity index (χ3v) is 4.05. The lowest BCUT2D eigenvalue weighted by Crippen LogP contribution is -2.40. The van der Waals surface area contributed by atoms with Gasteiger partial charge in [-0.05, 0) is 18.2 Å². The topological polar surface area (TPSA) is 93.6 Å². The van der Waals surface area contributed by atoms with Crippen LogP contribution in [0, 0.1) is 0 Å². The molecule has 128 valence electrons. The maximum atomic E-state index is 12.5. The van der Waals surface area contributed by atoms with Crippen molar-refractivity contribution in [3.8, 4) is 0 Å². The van der Waals surface area contributed by atoms with E-state index < -0.39 is 11.2 Å². The number of nitrogens with zero attached hydrogens (tertiary/aromatic N) is 2. The Hall–Kier alpha value is -2.45. The summed E-state index contributed by atoms with van der Waals surface area (Å²) in [6, 6.07) is 4.74. The molecule has 0 aliphatic carbocycles. The average molecular weight is 333 g/mol. The van der Waals surface area contributed by atoms with Gasteiger partial charge in [0.15, 0.2) is 0 Å². The van der Waals surface area contributed by atoms with Crippen molar-refractivity contribution >= 4 is 16.8 Å². The lowest BCUT2D eigenvalue weighted by Gasteiger charge is -2.26. The summed E-state index contributed by atoms with van der Waals surface area (Å²) in [6.45, 7) is 2.54. The molecule has 0 radical (unpaired) electrons. The molecule has 1 fully saturated rings. The molecule has 2 aromatic rings. The Morgan fingerprint density at radius 3 is 2.75 bits per heavy atom. The molecule has 1 aliphatic heterocycles. The maximum Gasteiger partial charge on any atom is 0.328 e. The molecule has 24 heavy (non-hydrogen) atoms. The molecule has 8 nitrogen and oxygen atoms in total. The Balaban J connectivity index is 1.98. The molecular formula is C16H19N3O5. The first-order chi connectivity index (χ1) is 11.6. The van der Waals surface area contributed by atoms with Crippen molar-refractivity contribution in [1.82, 2.24) is 14.5 Å². The summed E-state index contributed by atoms with van der Waals surface area (Å²) in [4.78, 5) is 41.4. The number of hydrogen-bond donors (Lipinski definition) is 1. The first kappa shape index (κ1) is 16.4. The summed E-state index contributed by atoms with van der Waals surface area (Å²) in [5, 5.41) is 0.365. The number of carbonyl (C=O) groups is 1. The van der Waals surface area contributed by atoms with Gasteiger partial charge in [-0.2, -0.15) is 0 Å². The minimum Gasteiger partial charge on any atom is -0.383 e. The van der Waals surface area contributed by atoms with Crippen molar-refractivity contribution in [1.29, 1.82) is 0 Å². The normalized spacial score (nSPS) is 15.0. The highest BCUT2D eigenvalue weighted by molar-refractivity contribution is 5.97. The maximum absolute atomic E-state index is 12.5. The average Bonchev–Trinajstić information content (AvgIpc) is 2.61. The van der Waals surface area contributed by atoms with Crippen LogP contribution in [0.4, 0.5) is 0 Å². The molecule has 1 aromatic heterocycles. The van der Waals surface area contributed by atoms with E-state index in [1.807, 2.05) is 0 Å². The number of amides is 1. The van der Waals surface area contributed by atoms with E-state index in [4.69, 9.17) is 9.47 Å². The Morgan fingerprint density at radius 2 is 2.04 bits per heavy atom. The van der Waals surface area contributed by atoms with Crippen LogP contribution in [-0.2, 0) is 16.0 Å². The predicted molar refractivity (Wildman–Crippen MR) is 87.4 cm³/mol. The second-order valence-electron chi connectivity index (χ2n) is 5.54. The van der Waals surface area contributed by atoms with E-state index in [9.17, 15) is 14.4 Å². The van der Waals surface area contributed by atoms with Crippen LogP contribution >= 0.6 is 0 Å². The van der Waals surface area contributed by atoms with Gasteiger partial charge in [-0.3, -0.25) is 14.2 Å². The van der Waals surface area contributed by atoms with Gasteiger partial charge in [-0.1, -0.05) is 0 Å². The molecule has 2 heterocycles. The van der Waals surface area contributed by atoms with Crippen molar-refractivity contribution in [3.63, 3.8) is 0 Å². The van der Waals surface area contributed by atoms with Gasteiger partial charge in [0, 0.05) is 25.8 Å². The molecule has 8 heteroatoms. The van der Waals surface area contributed by atoms with E-state index in [0.717, 1.165) is 4.57 Å². The summed E-state index contributed by atoms with van der Waals surface area (Å²) in [5.74, 6) is -0.135. The Morgan fingerprint density at radius 1 is 1.29 bits per heavy atom. The summed E-state index contributed by atoms with van der Waals surface area (Å²) in [6.07, 6.45) is 0. The second-order valence-corrected chi connectivity index (χ2v) is 5.54. The number of benzene rings is 1. The highest BCUT2D eigenvalue weighted by atomic mass is 16.5. The lowest BCUT2D eigenvalue weighted by atomic mass is 10.1. The monoisotopic (exact) mass is 333 g/mol. The van der Waals surface area contributed by atoms with Gasteiger partial charge in [-0.25, -0.2) is 4.79 Å². The van der Waals surface area contributed by atoms with Crippen LogP contribution < -0.4 is 11.2 Å². The van der Waals surface area contributed by atoms with Gasteiger partial charge in [0.1, 0.15) is 0 Å². The van der Waals surface area contributed by atoms with Gasteiger partial charge in [0.25, 0.3) is 11.5 Å². The molecule has 0 atom stereocenters. The SMILES string of the molecule is COCCn1c(=O)[nH]c2cc(C(=O)N3CCOCC3)ccc2c1=O. The Bertz CT molecular complexity index is 864. The van der Waals surface area contributed by atoms with Crippen LogP contribution in [-0.4, -0.2) is 60.4 Å². The number of nitrogens with one attached hydrogen (secondary N) is 1. The molecule has 1 amide bonds. The summed E-state index contributed by atoms with van der Waals surface area (Å²) < 4.78 is 11.2. The van der Waals surface area contributed by atoms with Gasteiger partial charge in [-0.15, -0.1) is 0 Å². The third-order valence-electron chi connectivity index (χ3n) is 4.05. The van der Waals surface area contributed by atoms with E-state index >= 15 is 0 Å². The summed E-state index contributed by atoms with van der Waals surface area (Å²) >= 11 is 0. The first-order valence-electron chi connectivity index (χ1n) is 7.74. The van der Waals surface area contributed by atoms with Gasteiger partial charge < -0.3 is 19.4 Å². The molecule has 1 saturated heterocycles. The highest BCUT2D eigenvalue weighted by Gasteiger charge is 2.19. The van der Waals surface area contributed by atoms with Crippen LogP contribution in [0.25, 0.3) is 10.9 Å². The Kier molecular flexibility index (Phi) is 4.77. The third kappa shape index (κ3) is 3.10. The number of carbonyl (C=O) groups excluding carboxylic acids is 1. The molecule has 1 aliphatic rings. The van der Waals surface area contributed by atoms with Crippen LogP contribution in [0.3, 0.4) is 0 Å². The molecular weight excluding hydrogens is 314 g/mol. The predicted octanol–water partition coefficient (Wildman–Crippen LogP) is -0.191. The van der Waals surface area contributed by atoms with Gasteiger partial charge in [0.05, 0.1) is 37.3 Å². The number of rotatable bonds is 4. The molecule has 1 aromatic carbocycles. The number of morpholine rings is 1. The van der Waals surface area contributed by atoms with E-state index in [-0.39, 0.29) is 19.1 Å². The molecule has 0 unspecified atom stereocenters. The van der Waals surface area contributed by atoms with Crippen molar-refractivity contribution in [2.24, 2.45) is 0 Å². The molecule has 0 spiro atoms. The lowest BCUT2D eigenvalue weighted by molar-refractivity contribution is 0.0303. The van der Waals surface area contributed by atoms with E-state index in [0.29, 0.717) is 42.8 Å². The first-order valence-corrected chi connectivity index (χ1v) is 7.74. The number of aromatic nitrogens is 2. The van der Waals surface area contributed by atoms with Gasteiger partial charge in [0.2, 0.25) is 0 Å². The molecule has 1 N–H and O–H groups in total. The van der Waals surface area contributed by atoms with E-state index in [1.165, 1.54) is 7.11 Å². The number of H-pyrrole nitrogens is 1. The Labute approximate surface area is 137 Å². The second kappa shape index (κ2) is 6.98. The smallest absolute Gasteiger partial charge is 0.328 e. The van der Waals surface area contributed by atoms with Crippen molar-refractivity contribution in [2.45, 2.75) is 6.54 Å². The van der Waals surface area contributed by atoms with Crippen LogP contribution in [0.5, 0.6) is 0 Å². The summed E-state index contributed by atoms with van der Waals surface area (Å²) in [5.41, 5.74) is -0.108. The number of hydrogen-bond acceptors (Lipinski definition) is 5. The van der Waals surface area contributed by atoms with E-state index in [1.54, 1.807) is 23.1 Å². The number of aromatic amines is 1. The zero-order chi connectivity index (χ0) is 17.1. The van der Waals surface area contributed by atoms with Crippen LogP contribution in [0.2, 0.25) is 0 Å². The van der Waals surface area contributed by atoms with Crippen LogP contribution in [0.15, 0.2) is 27.8 Å². The molecule has 0 saturated carbocycles. The molecule has 0 bridgehead atoms. The van der Waals surface area contributed by atoms with Crippen molar-refractivity contribution in [2.75, 3.05) is 40.0 Å². The van der Waals surface area contributed by atoms with Gasteiger partial charge >= 0.3 is 5.69 Å². The fraction of sp³-hybridized carbons (Fsp3) is 0.438. The van der Waals surface area contributed by atoms with Crippen molar-refractivity contribution < 1.29 is 14.3 Å². The quantitative estimate of drug-likeness (QED) is 0.837. The summed E-state index contributed by atoms with van der Waals surface area (Å²) in [7, 11) is 1.50. The van der Waals surface area contributed by atoms with Crippen LogP contribution in [0.1, 0.15) is 10.4 Å². The number of fused-ring (bicyclic) bond motifs is 1. The number of ether oxygens (including phenoxy) is 2. The molecule has 3 rings (SSSR count). The number of methoxy groups -OCH3 is 1. The fourth-order valence-electron chi connectivity index (χ4n) is 2.72. The highest BCUT2D eigenvalue weighted by Crippen LogP contribution is 2.12. The largest absolute Gasteiger partial charge is 0.383 e.